The van der Waals surface area contributed by atoms with Crippen LogP contribution in [0.4, 0.5) is 5.00 Å². The molecule has 0 aliphatic rings. The highest BCUT2D eigenvalue weighted by atomic mass is 32.1. The molecule has 1 aromatic carbocycles. The fourth-order valence-corrected chi connectivity index (χ4v) is 2.00. The van der Waals surface area contributed by atoms with Gasteiger partial charge in [0.25, 0.3) is 0 Å². The summed E-state index contributed by atoms with van der Waals surface area (Å²) >= 11 is 1.33. The number of hydrogen-bond acceptors (Lipinski definition) is 3. The van der Waals surface area contributed by atoms with E-state index < -0.39 is 0 Å². The van der Waals surface area contributed by atoms with Gasteiger partial charge in [0.2, 0.25) is 5.91 Å². The third kappa shape index (κ3) is 1.99. The van der Waals surface area contributed by atoms with Gasteiger partial charge < -0.3 is 5.32 Å². The lowest BCUT2D eigenvalue weighted by atomic mass is 10.2. The van der Waals surface area contributed by atoms with Crippen LogP contribution in [0.3, 0.4) is 0 Å². The van der Waals surface area contributed by atoms with Crippen LogP contribution in [0, 0.1) is 5.92 Å². The fraction of sp³-hybridized carbons (Fsp3) is 0.273. The monoisotopic (exact) mass is 220 g/mol. The standard InChI is InChI=1S/C11H12N2OS/c1-7(2)10(14)12-11-8-5-3-4-6-9(8)13-15-11/h3-7H,1-2H3,(H,12,14). The molecular formula is C11H12N2OS. The van der Waals surface area contributed by atoms with Crippen LogP contribution in [0.25, 0.3) is 10.9 Å². The van der Waals surface area contributed by atoms with Gasteiger partial charge in [-0.15, -0.1) is 0 Å². The van der Waals surface area contributed by atoms with Crippen molar-refractivity contribution >= 4 is 33.3 Å². The maximum Gasteiger partial charge on any atom is 0.227 e. The molecule has 0 atom stereocenters. The van der Waals surface area contributed by atoms with Gasteiger partial charge in [-0.05, 0) is 23.7 Å². The summed E-state index contributed by atoms with van der Waals surface area (Å²) in [6.45, 7) is 3.75. The van der Waals surface area contributed by atoms with Gasteiger partial charge in [-0.25, -0.2) is 0 Å². The van der Waals surface area contributed by atoms with Crippen LogP contribution in [0.15, 0.2) is 24.3 Å². The van der Waals surface area contributed by atoms with E-state index >= 15 is 0 Å². The van der Waals surface area contributed by atoms with E-state index in [9.17, 15) is 4.79 Å². The van der Waals surface area contributed by atoms with Crippen molar-refractivity contribution in [3.05, 3.63) is 24.3 Å². The van der Waals surface area contributed by atoms with Gasteiger partial charge in [0.15, 0.2) is 0 Å². The third-order valence-corrected chi connectivity index (χ3v) is 2.94. The lowest BCUT2D eigenvalue weighted by Crippen LogP contribution is -2.16. The Kier molecular flexibility index (Phi) is 2.68. The van der Waals surface area contributed by atoms with E-state index in [1.54, 1.807) is 0 Å². The number of nitrogens with one attached hydrogen (secondary N) is 1. The number of benzene rings is 1. The van der Waals surface area contributed by atoms with Gasteiger partial charge in [-0.1, -0.05) is 26.0 Å². The number of hydrogen-bond donors (Lipinski definition) is 1. The zero-order chi connectivity index (χ0) is 10.8. The zero-order valence-electron chi connectivity index (χ0n) is 8.65. The average Bonchev–Trinajstić information content (AvgIpc) is 2.62. The number of anilines is 1. The number of nitrogens with zero attached hydrogens (tertiary/aromatic N) is 1. The quantitative estimate of drug-likeness (QED) is 0.845. The SMILES string of the molecule is CC(C)C(=O)Nc1snc2ccccc12. The Labute approximate surface area is 92.3 Å². The van der Waals surface area contributed by atoms with Crippen LogP contribution in [-0.4, -0.2) is 10.3 Å². The Morgan fingerprint density at radius 2 is 2.13 bits per heavy atom. The Hall–Kier alpha value is -1.42. The summed E-state index contributed by atoms with van der Waals surface area (Å²) in [5.74, 6) is 0.0234. The smallest absolute Gasteiger partial charge is 0.227 e. The summed E-state index contributed by atoms with van der Waals surface area (Å²) < 4.78 is 4.26. The van der Waals surface area contributed by atoms with E-state index in [-0.39, 0.29) is 11.8 Å². The number of aromatic nitrogens is 1. The van der Waals surface area contributed by atoms with Gasteiger partial charge in [-0.3, -0.25) is 4.79 Å². The predicted molar refractivity (Wildman–Crippen MR) is 63.1 cm³/mol. The van der Waals surface area contributed by atoms with E-state index in [0.717, 1.165) is 15.9 Å². The van der Waals surface area contributed by atoms with Crippen LogP contribution in [-0.2, 0) is 4.79 Å². The van der Waals surface area contributed by atoms with Crippen LogP contribution in [0.2, 0.25) is 0 Å². The minimum absolute atomic E-state index is 0.00846. The molecule has 0 aliphatic heterocycles. The Morgan fingerprint density at radius 3 is 2.87 bits per heavy atom. The van der Waals surface area contributed by atoms with Crippen LogP contribution in [0.1, 0.15) is 13.8 Å². The Balaban J connectivity index is 2.33. The van der Waals surface area contributed by atoms with Crippen LogP contribution < -0.4 is 5.32 Å². The zero-order valence-corrected chi connectivity index (χ0v) is 9.47. The first-order valence-electron chi connectivity index (χ1n) is 4.84. The normalized spacial score (nSPS) is 10.9. The molecule has 0 fully saturated rings. The number of carbonyl (C=O) groups is 1. The van der Waals surface area contributed by atoms with Crippen molar-refractivity contribution in [1.29, 1.82) is 0 Å². The highest BCUT2D eigenvalue weighted by Crippen LogP contribution is 2.27. The van der Waals surface area contributed by atoms with Gasteiger partial charge in [0.05, 0.1) is 5.52 Å². The molecule has 3 nitrogen and oxygen atoms in total. The average molecular weight is 220 g/mol. The molecule has 1 amide bonds. The van der Waals surface area contributed by atoms with Crippen molar-refractivity contribution in [1.82, 2.24) is 4.37 Å². The Morgan fingerprint density at radius 1 is 1.40 bits per heavy atom. The second kappa shape index (κ2) is 3.98. The van der Waals surface area contributed by atoms with E-state index in [0.29, 0.717) is 0 Å². The van der Waals surface area contributed by atoms with E-state index in [1.165, 1.54) is 11.5 Å². The topological polar surface area (TPSA) is 42.0 Å². The van der Waals surface area contributed by atoms with Crippen molar-refractivity contribution < 1.29 is 4.79 Å². The minimum Gasteiger partial charge on any atom is -0.316 e. The van der Waals surface area contributed by atoms with Gasteiger partial charge in [0.1, 0.15) is 5.00 Å². The molecular weight excluding hydrogens is 208 g/mol. The molecule has 2 rings (SSSR count). The first-order chi connectivity index (χ1) is 7.18. The van der Waals surface area contributed by atoms with E-state index in [2.05, 4.69) is 9.69 Å². The van der Waals surface area contributed by atoms with Crippen LogP contribution in [0.5, 0.6) is 0 Å². The molecule has 0 spiro atoms. The molecule has 0 aliphatic carbocycles. The first kappa shape index (κ1) is 10.1. The lowest BCUT2D eigenvalue weighted by Gasteiger charge is -2.04. The number of carbonyl (C=O) groups excluding carboxylic acids is 1. The van der Waals surface area contributed by atoms with Crippen molar-refractivity contribution in [3.63, 3.8) is 0 Å². The second-order valence-corrected chi connectivity index (χ2v) is 4.45. The second-order valence-electron chi connectivity index (χ2n) is 3.67. The van der Waals surface area contributed by atoms with Gasteiger partial charge >= 0.3 is 0 Å². The molecule has 4 heteroatoms. The third-order valence-electron chi connectivity index (χ3n) is 2.15. The molecule has 1 N–H and O–H groups in total. The Bertz CT molecular complexity index is 490. The summed E-state index contributed by atoms with van der Waals surface area (Å²) in [6, 6.07) is 7.80. The molecule has 1 heterocycles. The number of fused-ring (bicyclic) bond motifs is 1. The first-order valence-corrected chi connectivity index (χ1v) is 5.61. The molecule has 0 unspecified atom stereocenters. The summed E-state index contributed by atoms with van der Waals surface area (Å²) in [7, 11) is 0. The largest absolute Gasteiger partial charge is 0.316 e. The van der Waals surface area contributed by atoms with E-state index in [1.807, 2.05) is 38.1 Å². The highest BCUT2D eigenvalue weighted by molar-refractivity contribution is 7.12. The summed E-state index contributed by atoms with van der Waals surface area (Å²) in [5, 5.41) is 4.73. The summed E-state index contributed by atoms with van der Waals surface area (Å²) in [4.78, 5) is 11.5. The van der Waals surface area contributed by atoms with E-state index in [4.69, 9.17) is 0 Å². The summed E-state index contributed by atoms with van der Waals surface area (Å²) in [5.41, 5.74) is 0.932. The van der Waals surface area contributed by atoms with Crippen LogP contribution >= 0.6 is 11.5 Å². The fourth-order valence-electron chi connectivity index (χ4n) is 1.24. The predicted octanol–water partition coefficient (Wildman–Crippen LogP) is 2.89. The van der Waals surface area contributed by atoms with Crippen molar-refractivity contribution in [2.24, 2.45) is 5.92 Å². The maximum absolute atomic E-state index is 11.5. The van der Waals surface area contributed by atoms with Crippen molar-refractivity contribution in [2.75, 3.05) is 5.32 Å². The maximum atomic E-state index is 11.5. The highest BCUT2D eigenvalue weighted by Gasteiger charge is 2.11. The van der Waals surface area contributed by atoms with Gasteiger partial charge in [0, 0.05) is 11.3 Å². The molecule has 2 aromatic rings. The summed E-state index contributed by atoms with van der Waals surface area (Å²) in [6.07, 6.45) is 0. The lowest BCUT2D eigenvalue weighted by molar-refractivity contribution is -0.118. The molecule has 0 saturated heterocycles. The van der Waals surface area contributed by atoms with Crippen molar-refractivity contribution in [3.8, 4) is 0 Å². The van der Waals surface area contributed by atoms with Crippen molar-refractivity contribution in [2.45, 2.75) is 13.8 Å². The number of rotatable bonds is 2. The molecule has 1 aromatic heterocycles. The molecule has 78 valence electrons. The van der Waals surface area contributed by atoms with Gasteiger partial charge in [-0.2, -0.15) is 4.37 Å². The molecule has 0 bridgehead atoms. The molecule has 15 heavy (non-hydrogen) atoms. The molecule has 0 saturated carbocycles. The molecule has 0 radical (unpaired) electrons. The minimum atomic E-state index is -0.00846. The number of amides is 1.